The van der Waals surface area contributed by atoms with Crippen molar-refractivity contribution in [3.8, 4) is 5.88 Å². The molecule has 0 saturated heterocycles. The molecular weight excluding hydrogens is 220 g/mol. The predicted octanol–water partition coefficient (Wildman–Crippen LogP) is 0.644. The first kappa shape index (κ1) is 11.3. The maximum atomic E-state index is 11.8. The minimum absolute atomic E-state index is 0.0897. The summed E-state index contributed by atoms with van der Waals surface area (Å²) in [6, 6.07) is 3.22. The quantitative estimate of drug-likeness (QED) is 0.724. The summed E-state index contributed by atoms with van der Waals surface area (Å²) >= 11 is 0. The van der Waals surface area contributed by atoms with Crippen LogP contribution in [0.1, 0.15) is 16.1 Å². The molecule has 0 unspecified atom stereocenters. The number of methoxy groups -OCH3 is 1. The first-order valence-corrected chi connectivity index (χ1v) is 5.07. The Kier molecular flexibility index (Phi) is 3.13. The Labute approximate surface area is 98.2 Å². The summed E-state index contributed by atoms with van der Waals surface area (Å²) in [5.74, 6) is 0.302. The van der Waals surface area contributed by atoms with Crippen LogP contribution in [0, 0.1) is 0 Å². The third-order valence-corrected chi connectivity index (χ3v) is 2.26. The van der Waals surface area contributed by atoms with Crippen molar-refractivity contribution in [2.75, 3.05) is 7.11 Å². The van der Waals surface area contributed by atoms with Gasteiger partial charge in [-0.1, -0.05) is 0 Å². The molecule has 0 amide bonds. The minimum atomic E-state index is -0.0897. The van der Waals surface area contributed by atoms with E-state index >= 15 is 0 Å². The standard InChI is InChI=1S/C11H12N4O2/c1-15-7-8(6-12-15)5-10(16)9-3-4-11(17-2)14-13-9/h3-4,6-7H,5H2,1-2H3. The van der Waals surface area contributed by atoms with Crippen molar-refractivity contribution >= 4 is 5.78 Å². The van der Waals surface area contributed by atoms with E-state index < -0.39 is 0 Å². The summed E-state index contributed by atoms with van der Waals surface area (Å²) in [6.45, 7) is 0. The van der Waals surface area contributed by atoms with Gasteiger partial charge in [0.25, 0.3) is 0 Å². The van der Waals surface area contributed by atoms with Crippen LogP contribution < -0.4 is 4.74 Å². The first-order valence-electron chi connectivity index (χ1n) is 5.07. The van der Waals surface area contributed by atoms with Gasteiger partial charge >= 0.3 is 0 Å². The second-order valence-electron chi connectivity index (χ2n) is 3.58. The van der Waals surface area contributed by atoms with Crippen LogP contribution in [0.2, 0.25) is 0 Å². The number of aryl methyl sites for hydroxylation is 1. The number of nitrogens with zero attached hydrogens (tertiary/aromatic N) is 4. The highest BCUT2D eigenvalue weighted by Crippen LogP contribution is 2.07. The van der Waals surface area contributed by atoms with Gasteiger partial charge < -0.3 is 4.74 Å². The zero-order valence-corrected chi connectivity index (χ0v) is 9.62. The molecule has 6 heteroatoms. The molecule has 17 heavy (non-hydrogen) atoms. The van der Waals surface area contributed by atoms with E-state index in [0.717, 1.165) is 5.56 Å². The van der Waals surface area contributed by atoms with E-state index in [1.54, 1.807) is 36.3 Å². The SMILES string of the molecule is COc1ccc(C(=O)Cc2cnn(C)c2)nn1. The van der Waals surface area contributed by atoms with Gasteiger partial charge in [0, 0.05) is 25.7 Å². The number of hydrogen-bond acceptors (Lipinski definition) is 5. The number of carbonyl (C=O) groups is 1. The molecule has 0 fully saturated rings. The lowest BCUT2D eigenvalue weighted by molar-refractivity contribution is 0.0987. The van der Waals surface area contributed by atoms with Gasteiger partial charge in [-0.15, -0.1) is 10.2 Å². The van der Waals surface area contributed by atoms with Crippen LogP contribution in [0.4, 0.5) is 0 Å². The zero-order valence-electron chi connectivity index (χ0n) is 9.62. The smallest absolute Gasteiger partial charge is 0.233 e. The van der Waals surface area contributed by atoms with Crippen molar-refractivity contribution in [2.24, 2.45) is 7.05 Å². The summed E-state index contributed by atoms with van der Waals surface area (Å²) < 4.78 is 6.53. The number of carbonyl (C=O) groups excluding carboxylic acids is 1. The molecule has 88 valence electrons. The molecule has 0 aliphatic rings. The second kappa shape index (κ2) is 4.73. The topological polar surface area (TPSA) is 69.9 Å². The van der Waals surface area contributed by atoms with E-state index in [4.69, 9.17) is 4.74 Å². The number of aromatic nitrogens is 4. The molecule has 0 saturated carbocycles. The molecule has 0 aliphatic carbocycles. The lowest BCUT2D eigenvalue weighted by atomic mass is 10.1. The molecule has 0 N–H and O–H groups in total. The van der Waals surface area contributed by atoms with E-state index in [1.165, 1.54) is 7.11 Å². The molecule has 2 heterocycles. The van der Waals surface area contributed by atoms with Crippen LogP contribution >= 0.6 is 0 Å². The normalized spacial score (nSPS) is 10.2. The van der Waals surface area contributed by atoms with E-state index in [-0.39, 0.29) is 12.2 Å². The lowest BCUT2D eigenvalue weighted by Crippen LogP contribution is -2.07. The third kappa shape index (κ3) is 2.66. The van der Waals surface area contributed by atoms with E-state index in [2.05, 4.69) is 15.3 Å². The van der Waals surface area contributed by atoms with Crippen LogP contribution in [0.15, 0.2) is 24.5 Å². The fourth-order valence-electron chi connectivity index (χ4n) is 1.42. The summed E-state index contributed by atoms with van der Waals surface area (Å²) in [7, 11) is 3.31. The van der Waals surface area contributed by atoms with Gasteiger partial charge in [0.15, 0.2) is 5.78 Å². The Morgan fingerprint density at radius 2 is 2.24 bits per heavy atom. The van der Waals surface area contributed by atoms with E-state index in [9.17, 15) is 4.79 Å². The highest BCUT2D eigenvalue weighted by Gasteiger charge is 2.10. The lowest BCUT2D eigenvalue weighted by Gasteiger charge is -1.99. The Hall–Kier alpha value is -2.24. The number of rotatable bonds is 4. The zero-order chi connectivity index (χ0) is 12.3. The fourth-order valence-corrected chi connectivity index (χ4v) is 1.42. The van der Waals surface area contributed by atoms with Crippen LogP contribution in [0.5, 0.6) is 5.88 Å². The molecule has 6 nitrogen and oxygen atoms in total. The number of Topliss-reactive ketones (excluding diaryl/α,β-unsaturated/α-hetero) is 1. The minimum Gasteiger partial charge on any atom is -0.480 e. The van der Waals surface area contributed by atoms with Crippen molar-refractivity contribution in [2.45, 2.75) is 6.42 Å². The van der Waals surface area contributed by atoms with Crippen LogP contribution in [-0.4, -0.2) is 32.9 Å². The summed E-state index contributed by atoms with van der Waals surface area (Å²) in [5.41, 5.74) is 1.18. The molecular formula is C11H12N4O2. The number of hydrogen-bond donors (Lipinski definition) is 0. The Balaban J connectivity index is 2.09. The van der Waals surface area contributed by atoms with E-state index in [0.29, 0.717) is 11.6 Å². The van der Waals surface area contributed by atoms with Crippen LogP contribution in [0.3, 0.4) is 0 Å². The maximum absolute atomic E-state index is 11.8. The summed E-state index contributed by atoms with van der Waals surface area (Å²) in [5, 5.41) is 11.6. The number of ether oxygens (including phenoxy) is 1. The van der Waals surface area contributed by atoms with Gasteiger partial charge in [-0.05, 0) is 11.6 Å². The van der Waals surface area contributed by atoms with Crippen LogP contribution in [-0.2, 0) is 13.5 Å². The average Bonchev–Trinajstić information content (AvgIpc) is 2.75. The van der Waals surface area contributed by atoms with Gasteiger partial charge in [-0.3, -0.25) is 9.48 Å². The molecule has 0 spiro atoms. The average molecular weight is 232 g/mol. The highest BCUT2D eigenvalue weighted by molar-refractivity contribution is 5.95. The largest absolute Gasteiger partial charge is 0.480 e. The summed E-state index contributed by atoms with van der Waals surface area (Å²) in [4.78, 5) is 11.8. The van der Waals surface area contributed by atoms with E-state index in [1.807, 2.05) is 0 Å². The highest BCUT2D eigenvalue weighted by atomic mass is 16.5. The van der Waals surface area contributed by atoms with Gasteiger partial charge in [-0.25, -0.2) is 0 Å². The molecule has 0 atom stereocenters. The van der Waals surface area contributed by atoms with Gasteiger partial charge in [0.1, 0.15) is 5.69 Å². The first-order chi connectivity index (χ1) is 8.19. The monoisotopic (exact) mass is 232 g/mol. The van der Waals surface area contributed by atoms with Crippen molar-refractivity contribution in [1.29, 1.82) is 0 Å². The maximum Gasteiger partial charge on any atom is 0.233 e. The second-order valence-corrected chi connectivity index (χ2v) is 3.58. The van der Waals surface area contributed by atoms with Crippen LogP contribution in [0.25, 0.3) is 0 Å². The van der Waals surface area contributed by atoms with Gasteiger partial charge in [0.05, 0.1) is 13.3 Å². The molecule has 0 aromatic carbocycles. The van der Waals surface area contributed by atoms with Gasteiger partial charge in [0.2, 0.25) is 5.88 Å². The number of ketones is 1. The third-order valence-electron chi connectivity index (χ3n) is 2.26. The molecule has 0 aliphatic heterocycles. The molecule has 0 bridgehead atoms. The molecule has 2 aromatic heterocycles. The Bertz CT molecular complexity index is 519. The van der Waals surface area contributed by atoms with Gasteiger partial charge in [-0.2, -0.15) is 5.10 Å². The van der Waals surface area contributed by atoms with Crippen molar-refractivity contribution in [3.05, 3.63) is 35.8 Å². The van der Waals surface area contributed by atoms with Crippen molar-refractivity contribution in [1.82, 2.24) is 20.0 Å². The predicted molar refractivity (Wildman–Crippen MR) is 59.8 cm³/mol. The Morgan fingerprint density at radius 3 is 2.76 bits per heavy atom. The fraction of sp³-hybridized carbons (Fsp3) is 0.273. The summed E-state index contributed by atoms with van der Waals surface area (Å²) in [6.07, 6.45) is 3.73. The molecule has 0 radical (unpaired) electrons. The Morgan fingerprint density at radius 1 is 1.41 bits per heavy atom. The molecule has 2 rings (SSSR count). The molecule has 2 aromatic rings. The van der Waals surface area contributed by atoms with Crippen molar-refractivity contribution in [3.63, 3.8) is 0 Å². The van der Waals surface area contributed by atoms with Crippen molar-refractivity contribution < 1.29 is 9.53 Å².